The van der Waals surface area contributed by atoms with E-state index in [1.807, 2.05) is 30.3 Å². The van der Waals surface area contributed by atoms with E-state index in [4.69, 9.17) is 0 Å². The molecule has 2 N–H and O–H groups in total. The van der Waals surface area contributed by atoms with Crippen LogP contribution in [0.1, 0.15) is 24.0 Å². The number of carboxylic acids is 1. The van der Waals surface area contributed by atoms with Crippen molar-refractivity contribution in [2.24, 2.45) is 0 Å². The predicted octanol–water partition coefficient (Wildman–Crippen LogP) is 3.63. The predicted molar refractivity (Wildman–Crippen MR) is 108 cm³/mol. The molecule has 1 saturated heterocycles. The second-order valence-electron chi connectivity index (χ2n) is 7.13. The van der Waals surface area contributed by atoms with E-state index >= 15 is 0 Å². The minimum atomic E-state index is -4.54. The van der Waals surface area contributed by atoms with E-state index in [1.54, 1.807) is 0 Å². The molecule has 8 heteroatoms. The van der Waals surface area contributed by atoms with E-state index in [0.29, 0.717) is 13.1 Å². The molecular formula is C21H24F3KN2O2. The number of halogens is 3. The molecule has 0 aliphatic carbocycles. The molecule has 3 rings (SSSR count). The number of carboxylic acid groups (broad SMARTS) is 1. The van der Waals surface area contributed by atoms with Crippen LogP contribution >= 0.6 is 0 Å². The minimum absolute atomic E-state index is 0. The van der Waals surface area contributed by atoms with Crippen molar-refractivity contribution in [3.8, 4) is 0 Å². The van der Waals surface area contributed by atoms with Gasteiger partial charge in [-0.3, -0.25) is 0 Å². The van der Waals surface area contributed by atoms with Crippen LogP contribution in [0.25, 0.3) is 0 Å². The number of rotatable bonds is 6. The average molecular weight is 433 g/mol. The third kappa shape index (κ3) is 6.29. The van der Waals surface area contributed by atoms with E-state index in [0.717, 1.165) is 19.0 Å². The molecule has 0 saturated carbocycles. The summed E-state index contributed by atoms with van der Waals surface area (Å²) in [5.74, 6) is -1.12. The van der Waals surface area contributed by atoms with Gasteiger partial charge in [0.05, 0.1) is 5.56 Å². The van der Waals surface area contributed by atoms with Crippen LogP contribution in [0.3, 0.4) is 0 Å². The second-order valence-corrected chi connectivity index (χ2v) is 7.13. The molecule has 2 aromatic rings. The SMILES string of the molecule is O=C(O)C1(Nc2ccccc2C(F)(F)F)CCN(CCc2ccccc2)CC1.[KH]. The van der Waals surface area contributed by atoms with Gasteiger partial charge < -0.3 is 15.3 Å². The van der Waals surface area contributed by atoms with E-state index in [1.165, 1.54) is 23.8 Å². The van der Waals surface area contributed by atoms with Gasteiger partial charge in [0.25, 0.3) is 0 Å². The number of nitrogens with zero attached hydrogens (tertiary/aromatic N) is 1. The third-order valence-corrected chi connectivity index (χ3v) is 5.28. The van der Waals surface area contributed by atoms with E-state index in [-0.39, 0.29) is 69.9 Å². The Morgan fingerprint density at radius 2 is 1.62 bits per heavy atom. The monoisotopic (exact) mass is 432 g/mol. The number of likely N-dealkylation sites (tertiary alicyclic amines) is 1. The van der Waals surface area contributed by atoms with Gasteiger partial charge in [-0.25, -0.2) is 4.79 Å². The van der Waals surface area contributed by atoms with Crippen molar-refractivity contribution >= 4 is 63.0 Å². The van der Waals surface area contributed by atoms with E-state index < -0.39 is 23.2 Å². The number of hydrogen-bond donors (Lipinski definition) is 2. The van der Waals surface area contributed by atoms with Gasteiger partial charge >= 0.3 is 63.5 Å². The fourth-order valence-corrected chi connectivity index (χ4v) is 3.58. The first-order chi connectivity index (χ1) is 13.3. The summed E-state index contributed by atoms with van der Waals surface area (Å²) in [5.41, 5.74) is -1.23. The fraction of sp³-hybridized carbons (Fsp3) is 0.381. The Labute approximate surface area is 210 Å². The maximum absolute atomic E-state index is 13.3. The molecule has 0 amide bonds. The normalized spacial score (nSPS) is 16.7. The number of anilines is 1. The summed E-state index contributed by atoms with van der Waals surface area (Å²) in [7, 11) is 0. The quantitative estimate of drug-likeness (QED) is 0.685. The van der Waals surface area contributed by atoms with Crippen LogP contribution in [-0.2, 0) is 17.4 Å². The molecule has 1 aliphatic heterocycles. The molecule has 1 aliphatic rings. The van der Waals surface area contributed by atoms with Gasteiger partial charge in [0.1, 0.15) is 5.54 Å². The Balaban J connectivity index is 0.00000300. The molecule has 0 spiro atoms. The molecule has 0 radical (unpaired) electrons. The number of benzene rings is 2. The first-order valence-electron chi connectivity index (χ1n) is 9.24. The third-order valence-electron chi connectivity index (χ3n) is 5.28. The molecule has 0 bridgehead atoms. The number of aliphatic carboxylic acids is 1. The van der Waals surface area contributed by atoms with Crippen molar-refractivity contribution in [1.82, 2.24) is 4.90 Å². The van der Waals surface area contributed by atoms with Crippen LogP contribution < -0.4 is 5.32 Å². The first-order valence-corrected chi connectivity index (χ1v) is 9.24. The Hall–Kier alpha value is -0.904. The summed E-state index contributed by atoms with van der Waals surface area (Å²) >= 11 is 0. The molecule has 1 heterocycles. The number of piperidine rings is 1. The van der Waals surface area contributed by atoms with Gasteiger partial charge in [-0.15, -0.1) is 0 Å². The van der Waals surface area contributed by atoms with Gasteiger partial charge in [-0.05, 0) is 37.0 Å². The van der Waals surface area contributed by atoms with Gasteiger partial charge in [0, 0.05) is 25.3 Å². The Kier molecular flexibility index (Phi) is 8.75. The topological polar surface area (TPSA) is 52.6 Å². The molecule has 0 atom stereocenters. The van der Waals surface area contributed by atoms with E-state index in [2.05, 4.69) is 10.2 Å². The van der Waals surface area contributed by atoms with Gasteiger partial charge in [0.2, 0.25) is 0 Å². The number of hydrogen-bond acceptors (Lipinski definition) is 3. The summed E-state index contributed by atoms with van der Waals surface area (Å²) in [6.07, 6.45) is -3.21. The molecular weight excluding hydrogens is 408 g/mol. The molecule has 1 fully saturated rings. The average Bonchev–Trinajstić information content (AvgIpc) is 2.68. The van der Waals surface area contributed by atoms with Crippen LogP contribution in [0.5, 0.6) is 0 Å². The molecule has 0 aromatic heterocycles. The number of carbonyl (C=O) groups is 1. The molecule has 152 valence electrons. The van der Waals surface area contributed by atoms with E-state index in [9.17, 15) is 23.1 Å². The second kappa shape index (κ2) is 10.4. The van der Waals surface area contributed by atoms with Crippen molar-refractivity contribution < 1.29 is 23.1 Å². The van der Waals surface area contributed by atoms with Crippen molar-refractivity contribution in [2.45, 2.75) is 31.0 Å². The Bertz CT molecular complexity index is 807. The van der Waals surface area contributed by atoms with Crippen LogP contribution in [-0.4, -0.2) is 92.5 Å². The summed E-state index contributed by atoms with van der Waals surface area (Å²) in [6, 6.07) is 15.0. The Morgan fingerprint density at radius 3 is 2.21 bits per heavy atom. The summed E-state index contributed by atoms with van der Waals surface area (Å²) in [5, 5.41) is 12.5. The molecule has 29 heavy (non-hydrogen) atoms. The van der Waals surface area contributed by atoms with Crippen LogP contribution in [0, 0.1) is 0 Å². The molecule has 2 aromatic carbocycles. The van der Waals surface area contributed by atoms with Gasteiger partial charge in [0.15, 0.2) is 0 Å². The van der Waals surface area contributed by atoms with Crippen LogP contribution in [0.2, 0.25) is 0 Å². The van der Waals surface area contributed by atoms with Crippen molar-refractivity contribution in [3.63, 3.8) is 0 Å². The zero-order valence-electron chi connectivity index (χ0n) is 15.4. The zero-order chi connectivity index (χ0) is 20.2. The maximum atomic E-state index is 13.3. The van der Waals surface area contributed by atoms with Gasteiger partial charge in [-0.1, -0.05) is 42.5 Å². The van der Waals surface area contributed by atoms with Crippen molar-refractivity contribution in [2.75, 3.05) is 25.0 Å². The van der Waals surface area contributed by atoms with Crippen LogP contribution in [0.4, 0.5) is 18.9 Å². The summed E-state index contributed by atoms with van der Waals surface area (Å²) < 4.78 is 39.8. The van der Waals surface area contributed by atoms with Crippen molar-refractivity contribution in [1.29, 1.82) is 0 Å². The standard InChI is InChI=1S/C21H23F3N2O2.K.H/c22-21(23,24)17-8-4-5-9-18(17)25-20(19(27)28)11-14-26(15-12-20)13-10-16-6-2-1-3-7-16;;/h1-9,25H,10-15H2,(H,27,28);;. The molecule has 0 unspecified atom stereocenters. The summed E-state index contributed by atoms with van der Waals surface area (Å²) in [6.45, 7) is 1.82. The summed E-state index contributed by atoms with van der Waals surface area (Å²) in [4.78, 5) is 14.1. The first kappa shape index (κ1) is 24.4. The number of alkyl halides is 3. The number of nitrogens with one attached hydrogen (secondary N) is 1. The van der Waals surface area contributed by atoms with Crippen molar-refractivity contribution in [3.05, 3.63) is 65.7 Å². The van der Waals surface area contributed by atoms with Gasteiger partial charge in [-0.2, -0.15) is 13.2 Å². The van der Waals surface area contributed by atoms with Crippen LogP contribution in [0.15, 0.2) is 54.6 Å². The number of para-hydroxylation sites is 1. The Morgan fingerprint density at radius 1 is 1.03 bits per heavy atom. The molecule has 4 nitrogen and oxygen atoms in total. The fourth-order valence-electron chi connectivity index (χ4n) is 3.58. The zero-order valence-corrected chi connectivity index (χ0v) is 15.4.